The van der Waals surface area contributed by atoms with Crippen LogP contribution in [0.5, 0.6) is 0 Å². The number of benzene rings is 2. The Morgan fingerprint density at radius 2 is 1.68 bits per heavy atom. The number of nitrogens with one attached hydrogen (secondary N) is 1. The summed E-state index contributed by atoms with van der Waals surface area (Å²) in [5.74, 6) is -2.33. The summed E-state index contributed by atoms with van der Waals surface area (Å²) in [7, 11) is -3.36. The fourth-order valence-corrected chi connectivity index (χ4v) is 3.96. The van der Waals surface area contributed by atoms with E-state index in [4.69, 9.17) is 0 Å². The van der Waals surface area contributed by atoms with Gasteiger partial charge < -0.3 is 5.32 Å². The third-order valence-corrected chi connectivity index (χ3v) is 6.18. The van der Waals surface area contributed by atoms with Crippen molar-refractivity contribution < 1.29 is 27.7 Å². The van der Waals surface area contributed by atoms with Crippen LogP contribution in [0.4, 0.5) is 5.69 Å². The number of nitrogens with zero attached hydrogens (tertiary/aromatic N) is 2. The zero-order valence-corrected chi connectivity index (χ0v) is 17.7. The summed E-state index contributed by atoms with van der Waals surface area (Å²) < 4.78 is 23.1. The number of carbonyl (C=O) groups excluding carboxylic acids is 3. The quantitative estimate of drug-likeness (QED) is 0.406. The van der Waals surface area contributed by atoms with E-state index < -0.39 is 50.3 Å². The molecular formula is C20H19N3O7S. The molecule has 1 aliphatic rings. The lowest BCUT2D eigenvalue weighted by Gasteiger charge is -2.24. The van der Waals surface area contributed by atoms with Crippen molar-refractivity contribution in [1.82, 2.24) is 10.2 Å². The predicted octanol–water partition coefficient (Wildman–Crippen LogP) is 1.86. The second kappa shape index (κ2) is 7.91. The van der Waals surface area contributed by atoms with Crippen LogP contribution in [-0.2, 0) is 14.6 Å². The first-order valence-corrected chi connectivity index (χ1v) is 11.1. The molecule has 11 heteroatoms. The zero-order valence-electron chi connectivity index (χ0n) is 16.9. The summed E-state index contributed by atoms with van der Waals surface area (Å²) >= 11 is 0. The van der Waals surface area contributed by atoms with Crippen molar-refractivity contribution in [3.8, 4) is 0 Å². The third kappa shape index (κ3) is 4.04. The molecule has 1 aliphatic heterocycles. The van der Waals surface area contributed by atoms with Gasteiger partial charge >= 0.3 is 0 Å². The number of amides is 3. The highest BCUT2D eigenvalue weighted by Crippen LogP contribution is 2.32. The van der Waals surface area contributed by atoms with Crippen LogP contribution in [0.25, 0.3) is 0 Å². The van der Waals surface area contributed by atoms with Gasteiger partial charge in [0.05, 0.1) is 21.4 Å². The van der Waals surface area contributed by atoms with Gasteiger partial charge in [-0.2, -0.15) is 0 Å². The molecule has 0 fully saturated rings. The van der Waals surface area contributed by atoms with Gasteiger partial charge in [0, 0.05) is 12.3 Å². The first-order chi connectivity index (χ1) is 14.4. The van der Waals surface area contributed by atoms with Gasteiger partial charge in [0.1, 0.15) is 11.6 Å². The first kappa shape index (κ1) is 22.1. The minimum atomic E-state index is -3.36. The van der Waals surface area contributed by atoms with Crippen LogP contribution >= 0.6 is 0 Å². The standard InChI is InChI=1S/C20H19N3O7S/c1-11(13-7-9-14(10-8-13)31(3,29)30)21-18(24)12(2)22-19(25)15-5-4-6-16(23(27)28)17(15)20(22)26/h4-12H,1-3H3,(H,21,24)/t11?,12-/m0/s1. The summed E-state index contributed by atoms with van der Waals surface area (Å²) in [6.45, 7) is 3.01. The van der Waals surface area contributed by atoms with Crippen LogP contribution in [0.15, 0.2) is 47.4 Å². The highest BCUT2D eigenvalue weighted by atomic mass is 32.2. The second-order valence-electron chi connectivity index (χ2n) is 7.18. The molecule has 162 valence electrons. The molecule has 3 rings (SSSR count). The van der Waals surface area contributed by atoms with E-state index in [2.05, 4.69) is 5.32 Å². The average Bonchev–Trinajstić information content (AvgIpc) is 2.97. The number of nitro groups is 1. The summed E-state index contributed by atoms with van der Waals surface area (Å²) in [4.78, 5) is 49.4. The van der Waals surface area contributed by atoms with Crippen LogP contribution < -0.4 is 5.32 Å². The average molecular weight is 445 g/mol. The van der Waals surface area contributed by atoms with E-state index in [-0.39, 0.29) is 16.0 Å². The van der Waals surface area contributed by atoms with Crippen molar-refractivity contribution in [1.29, 1.82) is 0 Å². The minimum Gasteiger partial charge on any atom is -0.348 e. The molecule has 31 heavy (non-hydrogen) atoms. The fraction of sp³-hybridized carbons (Fsp3) is 0.250. The number of rotatable bonds is 6. The fourth-order valence-electron chi connectivity index (χ4n) is 3.33. The SMILES string of the molecule is CC(NC(=O)[C@H](C)N1C(=O)c2cccc([N+](=O)[O-])c2C1=O)c1ccc(S(C)(=O)=O)cc1. The number of nitro benzene ring substituents is 1. The monoisotopic (exact) mass is 445 g/mol. The Bertz CT molecular complexity index is 1210. The van der Waals surface area contributed by atoms with E-state index in [0.717, 1.165) is 12.3 Å². The molecule has 10 nitrogen and oxygen atoms in total. The van der Waals surface area contributed by atoms with E-state index in [1.807, 2.05) is 0 Å². The minimum absolute atomic E-state index is 0.122. The lowest BCUT2D eigenvalue weighted by molar-refractivity contribution is -0.385. The molecular weight excluding hydrogens is 426 g/mol. The van der Waals surface area contributed by atoms with Crippen molar-refractivity contribution in [2.45, 2.75) is 30.8 Å². The smallest absolute Gasteiger partial charge is 0.282 e. The van der Waals surface area contributed by atoms with E-state index in [9.17, 15) is 32.9 Å². The van der Waals surface area contributed by atoms with Gasteiger partial charge in [0.25, 0.3) is 17.5 Å². The Kier molecular flexibility index (Phi) is 5.64. The van der Waals surface area contributed by atoms with Crippen LogP contribution in [0.3, 0.4) is 0 Å². The molecule has 1 heterocycles. The van der Waals surface area contributed by atoms with E-state index >= 15 is 0 Å². The molecule has 0 aromatic heterocycles. The van der Waals surface area contributed by atoms with Crippen LogP contribution in [0.2, 0.25) is 0 Å². The molecule has 3 amide bonds. The molecule has 0 bridgehead atoms. The number of hydrogen-bond acceptors (Lipinski definition) is 7. The Morgan fingerprint density at radius 1 is 1.06 bits per heavy atom. The Labute approximate surface area is 177 Å². The van der Waals surface area contributed by atoms with E-state index in [1.165, 1.54) is 31.2 Å². The number of carbonyl (C=O) groups is 3. The van der Waals surface area contributed by atoms with Gasteiger partial charge in [-0.1, -0.05) is 18.2 Å². The van der Waals surface area contributed by atoms with Crippen molar-refractivity contribution in [3.05, 3.63) is 69.3 Å². The molecule has 0 aliphatic carbocycles. The molecule has 1 N–H and O–H groups in total. The summed E-state index contributed by atoms with van der Waals surface area (Å²) in [6, 6.07) is 7.91. The van der Waals surface area contributed by atoms with Crippen LogP contribution in [0.1, 0.15) is 46.2 Å². The van der Waals surface area contributed by atoms with E-state index in [1.54, 1.807) is 19.1 Å². The molecule has 2 aromatic rings. The maximum atomic E-state index is 12.7. The maximum absolute atomic E-state index is 12.7. The molecule has 0 saturated heterocycles. The van der Waals surface area contributed by atoms with Gasteiger partial charge in [0.15, 0.2) is 9.84 Å². The number of hydrogen-bond donors (Lipinski definition) is 1. The summed E-state index contributed by atoms with van der Waals surface area (Å²) in [5.41, 5.74) is -0.332. The Morgan fingerprint density at radius 3 is 2.23 bits per heavy atom. The van der Waals surface area contributed by atoms with Crippen molar-refractivity contribution in [2.75, 3.05) is 6.26 Å². The third-order valence-electron chi connectivity index (χ3n) is 5.05. The first-order valence-electron chi connectivity index (χ1n) is 9.19. The zero-order chi connectivity index (χ0) is 23.1. The van der Waals surface area contributed by atoms with Gasteiger partial charge in [-0.05, 0) is 37.6 Å². The maximum Gasteiger partial charge on any atom is 0.282 e. The number of sulfone groups is 1. The normalized spacial score (nSPS) is 15.4. The number of imide groups is 1. The van der Waals surface area contributed by atoms with Crippen LogP contribution in [-0.4, -0.2) is 48.3 Å². The predicted molar refractivity (Wildman–Crippen MR) is 109 cm³/mol. The van der Waals surface area contributed by atoms with Gasteiger partial charge in [-0.25, -0.2) is 8.42 Å². The van der Waals surface area contributed by atoms with Crippen molar-refractivity contribution >= 4 is 33.2 Å². The highest BCUT2D eigenvalue weighted by Gasteiger charge is 2.44. The van der Waals surface area contributed by atoms with Gasteiger partial charge in [-0.3, -0.25) is 29.4 Å². The van der Waals surface area contributed by atoms with E-state index in [0.29, 0.717) is 10.5 Å². The molecule has 0 radical (unpaired) electrons. The Hall–Kier alpha value is -3.60. The summed E-state index contributed by atoms with van der Waals surface area (Å²) in [5, 5.41) is 13.9. The number of fused-ring (bicyclic) bond motifs is 1. The molecule has 0 spiro atoms. The highest BCUT2D eigenvalue weighted by molar-refractivity contribution is 7.90. The lowest BCUT2D eigenvalue weighted by atomic mass is 10.1. The lowest BCUT2D eigenvalue weighted by Crippen LogP contribution is -2.48. The van der Waals surface area contributed by atoms with Crippen molar-refractivity contribution in [2.24, 2.45) is 0 Å². The molecule has 0 saturated carbocycles. The molecule has 2 atom stereocenters. The van der Waals surface area contributed by atoms with Gasteiger partial charge in [0.2, 0.25) is 5.91 Å². The van der Waals surface area contributed by atoms with Crippen molar-refractivity contribution in [3.63, 3.8) is 0 Å². The second-order valence-corrected chi connectivity index (χ2v) is 9.20. The van der Waals surface area contributed by atoms with Crippen LogP contribution in [0, 0.1) is 10.1 Å². The summed E-state index contributed by atoms with van der Waals surface area (Å²) in [6.07, 6.45) is 1.08. The molecule has 2 aromatic carbocycles. The Balaban J connectivity index is 1.79. The molecule has 1 unspecified atom stereocenters. The topological polar surface area (TPSA) is 144 Å². The van der Waals surface area contributed by atoms with Gasteiger partial charge in [-0.15, -0.1) is 0 Å². The largest absolute Gasteiger partial charge is 0.348 e.